The molecule has 0 unspecified atom stereocenters. The summed E-state index contributed by atoms with van der Waals surface area (Å²) in [6.45, 7) is 0. The van der Waals surface area contributed by atoms with Crippen molar-refractivity contribution in [3.8, 4) is 0 Å². The van der Waals surface area contributed by atoms with Crippen molar-refractivity contribution in [2.75, 3.05) is 5.32 Å². The van der Waals surface area contributed by atoms with Crippen molar-refractivity contribution >= 4 is 23.4 Å². The maximum absolute atomic E-state index is 12.2. The monoisotopic (exact) mass is 304 g/mol. The van der Waals surface area contributed by atoms with Gasteiger partial charge in [-0.2, -0.15) is 13.2 Å². The molecule has 0 atom stereocenters. The standard InChI is InChI=1S/C13H15F3N2OS/c14-13(15,16)20-10-4-2-9(3-5-10)18-11(19)8-12(17)6-1-7-12/h2-5H,1,6-8,17H2,(H,18,19). The molecule has 0 radical (unpaired) electrons. The molecule has 1 aliphatic rings. The minimum Gasteiger partial charge on any atom is -0.326 e. The minimum absolute atomic E-state index is 0.0878. The lowest BCUT2D eigenvalue weighted by atomic mass is 9.75. The van der Waals surface area contributed by atoms with E-state index in [0.717, 1.165) is 19.3 Å². The number of alkyl halides is 3. The molecule has 1 aromatic rings. The molecule has 20 heavy (non-hydrogen) atoms. The molecule has 7 heteroatoms. The van der Waals surface area contributed by atoms with Crippen LogP contribution in [0.1, 0.15) is 25.7 Å². The maximum atomic E-state index is 12.2. The average Bonchev–Trinajstić information content (AvgIpc) is 2.27. The first-order chi connectivity index (χ1) is 9.26. The second-order valence-electron chi connectivity index (χ2n) is 5.01. The van der Waals surface area contributed by atoms with E-state index in [-0.39, 0.29) is 29.0 Å². The molecule has 1 fully saturated rings. The Morgan fingerprint density at radius 1 is 1.30 bits per heavy atom. The Morgan fingerprint density at radius 3 is 2.35 bits per heavy atom. The SMILES string of the molecule is NC1(CC(=O)Nc2ccc(SC(F)(F)F)cc2)CCC1. The van der Waals surface area contributed by atoms with E-state index in [0.29, 0.717) is 5.69 Å². The van der Waals surface area contributed by atoms with Gasteiger partial charge in [-0.15, -0.1) is 0 Å². The predicted molar refractivity (Wildman–Crippen MR) is 72.4 cm³/mol. The fourth-order valence-corrected chi connectivity index (χ4v) is 2.61. The third-order valence-corrected chi connectivity index (χ3v) is 3.97. The Kier molecular flexibility index (Phi) is 4.29. The van der Waals surface area contributed by atoms with Gasteiger partial charge in [0.05, 0.1) is 0 Å². The van der Waals surface area contributed by atoms with E-state index in [2.05, 4.69) is 5.32 Å². The minimum atomic E-state index is -4.30. The van der Waals surface area contributed by atoms with E-state index < -0.39 is 11.0 Å². The van der Waals surface area contributed by atoms with Crippen LogP contribution in [0.25, 0.3) is 0 Å². The molecule has 1 saturated carbocycles. The Bertz CT molecular complexity index is 483. The Hall–Kier alpha value is -1.21. The average molecular weight is 304 g/mol. The van der Waals surface area contributed by atoms with Crippen LogP contribution in [0.2, 0.25) is 0 Å². The van der Waals surface area contributed by atoms with Crippen LogP contribution < -0.4 is 11.1 Å². The highest BCUT2D eigenvalue weighted by Crippen LogP contribution is 2.37. The van der Waals surface area contributed by atoms with E-state index in [4.69, 9.17) is 5.73 Å². The van der Waals surface area contributed by atoms with Gasteiger partial charge < -0.3 is 11.1 Å². The number of rotatable bonds is 4. The van der Waals surface area contributed by atoms with Crippen molar-refractivity contribution in [1.29, 1.82) is 0 Å². The van der Waals surface area contributed by atoms with Crippen molar-refractivity contribution in [1.82, 2.24) is 0 Å². The summed E-state index contributed by atoms with van der Waals surface area (Å²) in [4.78, 5) is 11.8. The number of anilines is 1. The lowest BCUT2D eigenvalue weighted by Crippen LogP contribution is -2.48. The Balaban J connectivity index is 1.88. The third-order valence-electron chi connectivity index (χ3n) is 3.23. The number of halogens is 3. The zero-order valence-electron chi connectivity index (χ0n) is 10.7. The lowest BCUT2D eigenvalue weighted by Gasteiger charge is -2.37. The van der Waals surface area contributed by atoms with E-state index in [1.807, 2.05) is 0 Å². The lowest BCUT2D eigenvalue weighted by molar-refractivity contribution is -0.118. The van der Waals surface area contributed by atoms with Gasteiger partial charge in [-0.3, -0.25) is 4.79 Å². The molecule has 1 amide bonds. The predicted octanol–water partition coefficient (Wildman–Crippen LogP) is 3.51. The van der Waals surface area contributed by atoms with E-state index in [1.54, 1.807) is 0 Å². The number of hydrogen-bond donors (Lipinski definition) is 2. The van der Waals surface area contributed by atoms with Crippen LogP contribution in [-0.2, 0) is 4.79 Å². The molecular weight excluding hydrogens is 289 g/mol. The highest BCUT2D eigenvalue weighted by molar-refractivity contribution is 8.00. The normalized spacial score (nSPS) is 17.4. The zero-order chi connectivity index (χ0) is 14.8. The quantitative estimate of drug-likeness (QED) is 0.837. The van der Waals surface area contributed by atoms with Crippen LogP contribution in [0, 0.1) is 0 Å². The van der Waals surface area contributed by atoms with Crippen molar-refractivity contribution in [3.05, 3.63) is 24.3 Å². The van der Waals surface area contributed by atoms with Crippen molar-refractivity contribution < 1.29 is 18.0 Å². The smallest absolute Gasteiger partial charge is 0.326 e. The second kappa shape index (κ2) is 5.65. The number of carbonyl (C=O) groups excluding carboxylic acids is 1. The number of amides is 1. The summed E-state index contributed by atoms with van der Waals surface area (Å²) in [6.07, 6.45) is 2.95. The molecule has 0 spiro atoms. The van der Waals surface area contributed by atoms with E-state index in [1.165, 1.54) is 24.3 Å². The third kappa shape index (κ3) is 4.42. The van der Waals surface area contributed by atoms with E-state index >= 15 is 0 Å². The Morgan fingerprint density at radius 2 is 1.90 bits per heavy atom. The highest BCUT2D eigenvalue weighted by Gasteiger charge is 2.34. The number of nitrogens with one attached hydrogen (secondary N) is 1. The summed E-state index contributed by atoms with van der Waals surface area (Å²) in [5.74, 6) is -0.205. The first-order valence-corrected chi connectivity index (χ1v) is 7.02. The van der Waals surface area contributed by atoms with Gasteiger partial charge >= 0.3 is 5.51 Å². The van der Waals surface area contributed by atoms with Crippen LogP contribution in [0.3, 0.4) is 0 Å². The van der Waals surface area contributed by atoms with Gasteiger partial charge in [0.15, 0.2) is 0 Å². The summed E-state index contributed by atoms with van der Waals surface area (Å²) in [5, 5.41) is 2.65. The molecule has 1 aromatic carbocycles. The van der Waals surface area contributed by atoms with Crippen LogP contribution in [0.4, 0.5) is 18.9 Å². The summed E-state index contributed by atoms with van der Waals surface area (Å²) in [7, 11) is 0. The van der Waals surface area contributed by atoms with Crippen molar-refractivity contribution in [2.24, 2.45) is 5.73 Å². The van der Waals surface area contributed by atoms with Crippen LogP contribution in [0.5, 0.6) is 0 Å². The molecule has 3 nitrogen and oxygen atoms in total. The van der Waals surface area contributed by atoms with Gasteiger partial charge in [0, 0.05) is 22.5 Å². The first-order valence-electron chi connectivity index (χ1n) is 6.20. The molecule has 2 rings (SSSR count). The van der Waals surface area contributed by atoms with Gasteiger partial charge in [0.25, 0.3) is 0 Å². The van der Waals surface area contributed by atoms with Gasteiger partial charge in [-0.1, -0.05) is 0 Å². The van der Waals surface area contributed by atoms with Crippen molar-refractivity contribution in [2.45, 2.75) is 41.6 Å². The van der Waals surface area contributed by atoms with Gasteiger partial charge in [0.1, 0.15) is 0 Å². The number of benzene rings is 1. The molecule has 0 aliphatic heterocycles. The summed E-state index contributed by atoms with van der Waals surface area (Å²) in [6, 6.07) is 5.57. The molecule has 0 aromatic heterocycles. The number of thioether (sulfide) groups is 1. The van der Waals surface area contributed by atoms with Crippen LogP contribution in [0.15, 0.2) is 29.2 Å². The first kappa shape index (κ1) is 15.2. The number of hydrogen-bond acceptors (Lipinski definition) is 3. The van der Waals surface area contributed by atoms with Gasteiger partial charge in [-0.25, -0.2) is 0 Å². The fourth-order valence-electron chi connectivity index (χ4n) is 2.07. The number of nitrogens with two attached hydrogens (primary N) is 1. The summed E-state index contributed by atoms with van der Waals surface area (Å²) < 4.78 is 36.5. The van der Waals surface area contributed by atoms with Crippen LogP contribution >= 0.6 is 11.8 Å². The molecule has 0 heterocycles. The second-order valence-corrected chi connectivity index (χ2v) is 6.15. The van der Waals surface area contributed by atoms with Gasteiger partial charge in [-0.05, 0) is 55.3 Å². The highest BCUT2D eigenvalue weighted by atomic mass is 32.2. The summed E-state index contributed by atoms with van der Waals surface area (Å²) in [5.41, 5.74) is 1.73. The topological polar surface area (TPSA) is 55.1 Å². The molecular formula is C13H15F3N2OS. The number of carbonyl (C=O) groups is 1. The molecule has 3 N–H and O–H groups in total. The van der Waals surface area contributed by atoms with E-state index in [9.17, 15) is 18.0 Å². The fraction of sp³-hybridized carbons (Fsp3) is 0.462. The molecule has 0 bridgehead atoms. The van der Waals surface area contributed by atoms with Crippen molar-refractivity contribution in [3.63, 3.8) is 0 Å². The molecule has 0 saturated heterocycles. The zero-order valence-corrected chi connectivity index (χ0v) is 11.5. The molecule has 1 aliphatic carbocycles. The maximum Gasteiger partial charge on any atom is 0.446 e. The van der Waals surface area contributed by atoms with Crippen LogP contribution in [-0.4, -0.2) is 17.0 Å². The summed E-state index contributed by atoms with van der Waals surface area (Å²) >= 11 is -0.182. The molecule has 110 valence electrons. The van der Waals surface area contributed by atoms with Gasteiger partial charge in [0.2, 0.25) is 5.91 Å². The Labute approximate surface area is 119 Å². The largest absolute Gasteiger partial charge is 0.446 e.